The Labute approximate surface area is 127 Å². The summed E-state index contributed by atoms with van der Waals surface area (Å²) in [5.74, 6) is 0.784. The molecule has 1 aliphatic heterocycles. The lowest BCUT2D eigenvalue weighted by molar-refractivity contribution is 0.192. The molecule has 1 N–H and O–H groups in total. The molecule has 0 aromatic carbocycles. The lowest BCUT2D eigenvalue weighted by atomic mass is 9.93. The highest BCUT2D eigenvalue weighted by Gasteiger charge is 2.31. The molecule has 0 bridgehead atoms. The number of likely N-dealkylation sites (tertiary alicyclic amines) is 1. The number of hydrogen-bond acceptors (Lipinski definition) is 3. The SMILES string of the molecule is CCc1ccc(C2C(CNC3CC3)CCCCN2C)s1. The third-order valence-corrected chi connectivity index (χ3v) is 6.13. The third-order valence-electron chi connectivity index (χ3n) is 4.83. The van der Waals surface area contributed by atoms with Crippen molar-refractivity contribution in [3.05, 3.63) is 21.9 Å². The van der Waals surface area contributed by atoms with Crippen molar-refractivity contribution in [2.75, 3.05) is 20.1 Å². The Bertz CT molecular complexity index is 424. The predicted molar refractivity (Wildman–Crippen MR) is 87.4 cm³/mol. The zero-order chi connectivity index (χ0) is 13.9. The Kier molecular flexibility index (Phi) is 4.79. The van der Waals surface area contributed by atoms with E-state index < -0.39 is 0 Å². The van der Waals surface area contributed by atoms with Crippen LogP contribution in [0.1, 0.15) is 54.8 Å². The van der Waals surface area contributed by atoms with Crippen molar-refractivity contribution in [3.8, 4) is 0 Å². The van der Waals surface area contributed by atoms with Crippen LogP contribution >= 0.6 is 11.3 Å². The lowest BCUT2D eigenvalue weighted by Crippen LogP contribution is -2.35. The topological polar surface area (TPSA) is 15.3 Å². The average molecular weight is 292 g/mol. The Morgan fingerprint density at radius 3 is 2.80 bits per heavy atom. The van der Waals surface area contributed by atoms with Gasteiger partial charge in [0.2, 0.25) is 0 Å². The third kappa shape index (κ3) is 3.44. The van der Waals surface area contributed by atoms with Crippen LogP contribution in [0.4, 0.5) is 0 Å². The molecule has 1 saturated carbocycles. The van der Waals surface area contributed by atoms with E-state index in [1.165, 1.54) is 56.5 Å². The standard InChI is InChI=1S/C17H28N2S/c1-3-15-9-10-16(20-15)17-13(12-18-14-7-8-14)6-4-5-11-19(17)2/h9-10,13-14,17-18H,3-8,11-12H2,1-2H3. The summed E-state index contributed by atoms with van der Waals surface area (Å²) >= 11 is 2.04. The summed E-state index contributed by atoms with van der Waals surface area (Å²) < 4.78 is 0. The molecule has 20 heavy (non-hydrogen) atoms. The van der Waals surface area contributed by atoms with Gasteiger partial charge in [-0.1, -0.05) is 13.3 Å². The summed E-state index contributed by atoms with van der Waals surface area (Å²) in [6.07, 6.45) is 8.10. The zero-order valence-electron chi connectivity index (χ0n) is 12.9. The van der Waals surface area contributed by atoms with Crippen LogP contribution in [0.2, 0.25) is 0 Å². The van der Waals surface area contributed by atoms with Gasteiger partial charge in [0.25, 0.3) is 0 Å². The van der Waals surface area contributed by atoms with Gasteiger partial charge in [-0.15, -0.1) is 11.3 Å². The van der Waals surface area contributed by atoms with Gasteiger partial charge < -0.3 is 5.32 Å². The van der Waals surface area contributed by atoms with Gasteiger partial charge in [-0.3, -0.25) is 4.90 Å². The van der Waals surface area contributed by atoms with Gasteiger partial charge in [0.15, 0.2) is 0 Å². The largest absolute Gasteiger partial charge is 0.314 e. The van der Waals surface area contributed by atoms with Crippen molar-refractivity contribution in [1.29, 1.82) is 0 Å². The van der Waals surface area contributed by atoms with Crippen LogP contribution in [0.15, 0.2) is 12.1 Å². The summed E-state index contributed by atoms with van der Waals surface area (Å²) in [6, 6.07) is 6.19. The lowest BCUT2D eigenvalue weighted by Gasteiger charge is -2.32. The van der Waals surface area contributed by atoms with Gasteiger partial charge in [-0.25, -0.2) is 0 Å². The zero-order valence-corrected chi connectivity index (χ0v) is 13.7. The molecule has 2 atom stereocenters. The van der Waals surface area contributed by atoms with Crippen molar-refractivity contribution in [1.82, 2.24) is 10.2 Å². The smallest absolute Gasteiger partial charge is 0.0478 e. The molecule has 1 aliphatic carbocycles. The maximum Gasteiger partial charge on any atom is 0.0478 e. The molecule has 3 rings (SSSR count). The first-order valence-electron chi connectivity index (χ1n) is 8.30. The molecule has 1 aromatic heterocycles. The number of nitrogens with zero attached hydrogens (tertiary/aromatic N) is 1. The molecule has 0 radical (unpaired) electrons. The van der Waals surface area contributed by atoms with E-state index in [1.54, 1.807) is 4.88 Å². The predicted octanol–water partition coefficient (Wildman–Crippen LogP) is 3.84. The number of thiophene rings is 1. The van der Waals surface area contributed by atoms with Gasteiger partial charge in [0.05, 0.1) is 0 Å². The highest BCUT2D eigenvalue weighted by atomic mass is 32.1. The fourth-order valence-electron chi connectivity index (χ4n) is 3.44. The fourth-order valence-corrected chi connectivity index (χ4v) is 4.65. The second-order valence-corrected chi connectivity index (χ2v) is 7.72. The Hall–Kier alpha value is -0.380. The minimum absolute atomic E-state index is 0.633. The molecule has 3 heteroatoms. The fraction of sp³-hybridized carbons (Fsp3) is 0.765. The molecular weight excluding hydrogens is 264 g/mol. The second-order valence-electron chi connectivity index (χ2n) is 6.52. The molecule has 2 heterocycles. The summed E-state index contributed by atoms with van der Waals surface area (Å²) in [5, 5.41) is 3.77. The van der Waals surface area contributed by atoms with Crippen LogP contribution in [0.25, 0.3) is 0 Å². The first-order valence-corrected chi connectivity index (χ1v) is 9.11. The van der Waals surface area contributed by atoms with Crippen LogP contribution in [0, 0.1) is 5.92 Å². The minimum atomic E-state index is 0.633. The molecule has 2 nitrogen and oxygen atoms in total. The maximum atomic E-state index is 3.77. The van der Waals surface area contributed by atoms with Gasteiger partial charge in [0.1, 0.15) is 0 Å². The summed E-state index contributed by atoms with van der Waals surface area (Å²) in [5.41, 5.74) is 0. The van der Waals surface area contributed by atoms with Crippen molar-refractivity contribution in [3.63, 3.8) is 0 Å². The molecule has 1 aromatic rings. The monoisotopic (exact) mass is 292 g/mol. The molecule has 1 saturated heterocycles. The van der Waals surface area contributed by atoms with E-state index in [-0.39, 0.29) is 0 Å². The van der Waals surface area contributed by atoms with Gasteiger partial charge in [0, 0.05) is 28.4 Å². The maximum absolute atomic E-state index is 3.77. The van der Waals surface area contributed by atoms with E-state index in [2.05, 4.69) is 36.3 Å². The van der Waals surface area contributed by atoms with E-state index in [0.717, 1.165) is 12.0 Å². The Morgan fingerprint density at radius 1 is 1.25 bits per heavy atom. The molecule has 2 fully saturated rings. The molecule has 0 spiro atoms. The summed E-state index contributed by atoms with van der Waals surface area (Å²) in [6.45, 7) is 4.72. The molecule has 2 unspecified atom stereocenters. The quantitative estimate of drug-likeness (QED) is 0.887. The van der Waals surface area contributed by atoms with Gasteiger partial charge >= 0.3 is 0 Å². The number of nitrogens with one attached hydrogen (secondary N) is 1. The van der Waals surface area contributed by atoms with Crippen LogP contribution < -0.4 is 5.32 Å². The van der Waals surface area contributed by atoms with Gasteiger partial charge in [-0.05, 0) is 63.7 Å². The van der Waals surface area contributed by atoms with E-state index in [0.29, 0.717) is 6.04 Å². The molecule has 2 aliphatic rings. The highest BCUT2D eigenvalue weighted by molar-refractivity contribution is 7.12. The summed E-state index contributed by atoms with van der Waals surface area (Å²) in [4.78, 5) is 5.73. The molecule has 112 valence electrons. The van der Waals surface area contributed by atoms with E-state index in [1.807, 2.05) is 11.3 Å². The number of hydrogen-bond donors (Lipinski definition) is 1. The normalized spacial score (nSPS) is 28.5. The van der Waals surface area contributed by atoms with Crippen molar-refractivity contribution in [2.24, 2.45) is 5.92 Å². The minimum Gasteiger partial charge on any atom is -0.314 e. The van der Waals surface area contributed by atoms with E-state index in [9.17, 15) is 0 Å². The van der Waals surface area contributed by atoms with Crippen LogP contribution in [0.5, 0.6) is 0 Å². The second kappa shape index (κ2) is 6.59. The average Bonchev–Trinajstić information content (AvgIpc) is 3.20. The van der Waals surface area contributed by atoms with E-state index >= 15 is 0 Å². The molecule has 0 amide bonds. The van der Waals surface area contributed by atoms with E-state index in [4.69, 9.17) is 0 Å². The Balaban J connectivity index is 1.75. The van der Waals surface area contributed by atoms with Crippen molar-refractivity contribution in [2.45, 2.75) is 57.5 Å². The van der Waals surface area contributed by atoms with Crippen LogP contribution in [-0.2, 0) is 6.42 Å². The number of aryl methyl sites for hydroxylation is 1. The first kappa shape index (κ1) is 14.6. The van der Waals surface area contributed by atoms with Crippen LogP contribution in [0.3, 0.4) is 0 Å². The molecular formula is C17H28N2S. The summed E-state index contributed by atoms with van der Waals surface area (Å²) in [7, 11) is 2.32. The van der Waals surface area contributed by atoms with Crippen LogP contribution in [-0.4, -0.2) is 31.1 Å². The number of rotatable bonds is 5. The van der Waals surface area contributed by atoms with Crippen molar-refractivity contribution >= 4 is 11.3 Å². The first-order chi connectivity index (χ1) is 9.78. The highest BCUT2D eigenvalue weighted by Crippen LogP contribution is 2.37. The van der Waals surface area contributed by atoms with Crippen molar-refractivity contribution < 1.29 is 0 Å². The van der Waals surface area contributed by atoms with Gasteiger partial charge in [-0.2, -0.15) is 0 Å². The Morgan fingerprint density at radius 2 is 2.10 bits per heavy atom.